The van der Waals surface area contributed by atoms with Crippen molar-refractivity contribution in [1.29, 1.82) is 0 Å². The van der Waals surface area contributed by atoms with Crippen LogP contribution in [0.15, 0.2) is 50.8 Å². The highest BCUT2D eigenvalue weighted by atomic mass is 32.2. The number of hydrogen-bond donors (Lipinski definition) is 1. The third-order valence-electron chi connectivity index (χ3n) is 5.31. The number of aromatic nitrogens is 2. The van der Waals surface area contributed by atoms with Gasteiger partial charge in [-0.3, -0.25) is 14.2 Å². The van der Waals surface area contributed by atoms with E-state index in [0.717, 1.165) is 18.4 Å². The van der Waals surface area contributed by atoms with Crippen LogP contribution < -0.4 is 10.9 Å². The Morgan fingerprint density at radius 2 is 2.17 bits per heavy atom. The molecule has 0 bridgehead atoms. The van der Waals surface area contributed by atoms with Gasteiger partial charge in [0.2, 0.25) is 5.91 Å². The van der Waals surface area contributed by atoms with E-state index in [4.69, 9.17) is 9.40 Å². The molecule has 1 fully saturated rings. The Hall–Kier alpha value is -2.32. The van der Waals surface area contributed by atoms with Crippen molar-refractivity contribution in [1.82, 2.24) is 14.9 Å². The number of fused-ring (bicyclic) bond motifs is 1. The lowest BCUT2D eigenvalue weighted by molar-refractivity contribution is -0.119. The average Bonchev–Trinajstić information content (AvgIpc) is 3.34. The Morgan fingerprint density at radius 1 is 1.37 bits per heavy atom. The molecule has 1 N–H and O–H groups in total. The molecular weight excluding hydrogens is 418 g/mol. The number of rotatable bonds is 7. The van der Waals surface area contributed by atoms with E-state index in [1.165, 1.54) is 48.8 Å². The Bertz CT molecular complexity index is 1080. The van der Waals surface area contributed by atoms with Crippen LogP contribution in [0.2, 0.25) is 0 Å². The van der Waals surface area contributed by atoms with Crippen molar-refractivity contribution in [3.8, 4) is 11.3 Å². The molecule has 3 aromatic heterocycles. The summed E-state index contributed by atoms with van der Waals surface area (Å²) in [6.07, 6.45) is 10.2. The van der Waals surface area contributed by atoms with E-state index in [1.807, 2.05) is 11.4 Å². The minimum atomic E-state index is -0.140. The summed E-state index contributed by atoms with van der Waals surface area (Å²) in [6.45, 7) is 4.10. The normalized spacial score (nSPS) is 15.2. The summed E-state index contributed by atoms with van der Waals surface area (Å²) in [7, 11) is 0. The van der Waals surface area contributed by atoms with Crippen LogP contribution in [0.5, 0.6) is 0 Å². The Labute approximate surface area is 183 Å². The molecule has 6 nitrogen and oxygen atoms in total. The smallest absolute Gasteiger partial charge is 0.263 e. The predicted octanol–water partition coefficient (Wildman–Crippen LogP) is 4.84. The fourth-order valence-corrected chi connectivity index (χ4v) is 5.63. The van der Waals surface area contributed by atoms with Crippen molar-refractivity contribution in [2.24, 2.45) is 0 Å². The molecule has 1 saturated carbocycles. The minimum absolute atomic E-state index is 0.00569. The second kappa shape index (κ2) is 9.66. The van der Waals surface area contributed by atoms with E-state index >= 15 is 0 Å². The highest BCUT2D eigenvalue weighted by Crippen LogP contribution is 2.32. The van der Waals surface area contributed by atoms with Gasteiger partial charge >= 0.3 is 0 Å². The molecule has 0 atom stereocenters. The van der Waals surface area contributed by atoms with Gasteiger partial charge in [0.25, 0.3) is 5.56 Å². The van der Waals surface area contributed by atoms with Gasteiger partial charge in [0, 0.05) is 23.5 Å². The molecule has 3 heterocycles. The lowest BCUT2D eigenvalue weighted by atomic mass is 10.1. The number of nitrogens with zero attached hydrogens (tertiary/aromatic N) is 2. The number of carbonyl (C=O) groups excluding carboxylic acids is 1. The fraction of sp³-hybridized carbons (Fsp3) is 0.409. The zero-order chi connectivity index (χ0) is 20.9. The summed E-state index contributed by atoms with van der Waals surface area (Å²) in [5, 5.41) is 6.13. The van der Waals surface area contributed by atoms with E-state index in [9.17, 15) is 9.59 Å². The first-order valence-corrected chi connectivity index (χ1v) is 12.1. The van der Waals surface area contributed by atoms with E-state index in [0.29, 0.717) is 27.7 Å². The van der Waals surface area contributed by atoms with Gasteiger partial charge in [-0.2, -0.15) is 0 Å². The highest BCUT2D eigenvalue weighted by Gasteiger charge is 2.20. The third-order valence-corrected chi connectivity index (χ3v) is 7.16. The topological polar surface area (TPSA) is 77.1 Å². The van der Waals surface area contributed by atoms with Crippen LogP contribution in [0, 0.1) is 0 Å². The fourth-order valence-electron chi connectivity index (χ4n) is 3.84. The van der Waals surface area contributed by atoms with Crippen LogP contribution in [0.4, 0.5) is 0 Å². The molecule has 158 valence electrons. The maximum absolute atomic E-state index is 13.2. The van der Waals surface area contributed by atoms with Crippen molar-refractivity contribution in [2.45, 2.75) is 56.3 Å². The molecule has 0 aliphatic heterocycles. The third kappa shape index (κ3) is 4.54. The highest BCUT2D eigenvalue weighted by molar-refractivity contribution is 7.99. The number of thioether (sulfide) groups is 1. The monoisotopic (exact) mass is 443 g/mol. The molecule has 0 aromatic carbocycles. The molecule has 3 aromatic rings. The number of carbonyl (C=O) groups is 1. The molecule has 30 heavy (non-hydrogen) atoms. The van der Waals surface area contributed by atoms with Crippen molar-refractivity contribution in [3.63, 3.8) is 0 Å². The zero-order valence-corrected chi connectivity index (χ0v) is 18.4. The van der Waals surface area contributed by atoms with E-state index in [2.05, 4.69) is 11.9 Å². The van der Waals surface area contributed by atoms with Crippen LogP contribution in [0.3, 0.4) is 0 Å². The summed E-state index contributed by atoms with van der Waals surface area (Å²) in [5.41, 5.74) is 0.609. The second-order valence-electron chi connectivity index (χ2n) is 7.45. The number of amides is 1. The maximum atomic E-state index is 13.2. The van der Waals surface area contributed by atoms with Gasteiger partial charge in [0.05, 0.1) is 17.4 Å². The first-order valence-electron chi connectivity index (χ1n) is 10.3. The van der Waals surface area contributed by atoms with E-state index in [1.54, 1.807) is 23.0 Å². The maximum Gasteiger partial charge on any atom is 0.263 e. The number of allylic oxidation sites excluding steroid dienone is 1. The standard InChI is InChI=1S/C22H25N3O3S2/c1-2-11-25-21(27)19-16(17-10-7-12-28-17)13-29-20(19)24-22(25)30-14-18(26)23-15-8-5-3-4-6-9-15/h2,7,10,12-13,15H,1,3-6,8-9,11,14H2,(H,23,26). The Balaban J connectivity index is 1.56. The van der Waals surface area contributed by atoms with E-state index < -0.39 is 0 Å². The molecule has 4 rings (SSSR count). The van der Waals surface area contributed by atoms with Gasteiger partial charge in [-0.25, -0.2) is 4.98 Å². The van der Waals surface area contributed by atoms with Gasteiger partial charge in [-0.05, 0) is 25.0 Å². The van der Waals surface area contributed by atoms with Crippen molar-refractivity contribution in [3.05, 3.63) is 46.8 Å². The minimum Gasteiger partial charge on any atom is -0.464 e. The number of hydrogen-bond acceptors (Lipinski definition) is 6. The SMILES string of the molecule is C=CCn1c(SCC(=O)NC2CCCCCC2)nc2scc(-c3ccco3)c2c1=O. The average molecular weight is 444 g/mol. The van der Waals surface area contributed by atoms with Gasteiger partial charge in [0.1, 0.15) is 10.6 Å². The van der Waals surface area contributed by atoms with Crippen molar-refractivity contribution >= 4 is 39.2 Å². The van der Waals surface area contributed by atoms with Crippen molar-refractivity contribution in [2.75, 3.05) is 5.75 Å². The van der Waals surface area contributed by atoms with Gasteiger partial charge in [-0.15, -0.1) is 17.9 Å². The van der Waals surface area contributed by atoms with Crippen LogP contribution in [0.1, 0.15) is 38.5 Å². The quantitative estimate of drug-likeness (QED) is 0.245. The first-order chi connectivity index (χ1) is 14.7. The lowest BCUT2D eigenvalue weighted by Crippen LogP contribution is -2.35. The van der Waals surface area contributed by atoms with Gasteiger partial charge in [-0.1, -0.05) is 43.5 Å². The van der Waals surface area contributed by atoms with Crippen LogP contribution >= 0.6 is 23.1 Å². The van der Waals surface area contributed by atoms with Crippen LogP contribution in [-0.4, -0.2) is 27.3 Å². The molecule has 1 aliphatic carbocycles. The molecular formula is C22H25N3O3S2. The molecule has 0 spiro atoms. The number of furan rings is 1. The second-order valence-corrected chi connectivity index (χ2v) is 9.25. The lowest BCUT2D eigenvalue weighted by Gasteiger charge is -2.16. The summed E-state index contributed by atoms with van der Waals surface area (Å²) >= 11 is 2.71. The summed E-state index contributed by atoms with van der Waals surface area (Å²) in [4.78, 5) is 31.1. The predicted molar refractivity (Wildman–Crippen MR) is 122 cm³/mol. The summed E-state index contributed by atoms with van der Waals surface area (Å²) < 4.78 is 7.06. The molecule has 0 saturated heterocycles. The molecule has 0 unspecified atom stereocenters. The van der Waals surface area contributed by atoms with Crippen LogP contribution in [-0.2, 0) is 11.3 Å². The molecule has 8 heteroatoms. The van der Waals surface area contributed by atoms with Gasteiger partial charge in [0.15, 0.2) is 5.16 Å². The number of nitrogens with one attached hydrogen (secondary N) is 1. The van der Waals surface area contributed by atoms with Gasteiger partial charge < -0.3 is 9.73 Å². The van der Waals surface area contributed by atoms with E-state index in [-0.39, 0.29) is 23.3 Å². The van der Waals surface area contributed by atoms with Crippen molar-refractivity contribution < 1.29 is 9.21 Å². The molecule has 1 amide bonds. The Kier molecular flexibility index (Phi) is 6.74. The number of thiophene rings is 1. The largest absolute Gasteiger partial charge is 0.464 e. The molecule has 0 radical (unpaired) electrons. The Morgan fingerprint density at radius 3 is 2.87 bits per heavy atom. The zero-order valence-electron chi connectivity index (χ0n) is 16.8. The first kappa shape index (κ1) is 20.9. The molecule has 1 aliphatic rings. The van der Waals surface area contributed by atoms with Crippen LogP contribution in [0.25, 0.3) is 21.5 Å². The summed E-state index contributed by atoms with van der Waals surface area (Å²) in [6, 6.07) is 3.89. The summed E-state index contributed by atoms with van der Waals surface area (Å²) in [5.74, 6) is 0.879.